The first-order valence-electron chi connectivity index (χ1n) is 6.59. The average molecular weight is 345 g/mol. The van der Waals surface area contributed by atoms with Crippen LogP contribution in [0, 0.1) is 0 Å². The van der Waals surface area contributed by atoms with Crippen LogP contribution in [0.4, 0.5) is 0 Å². The maximum atomic E-state index is 6.47. The number of ether oxygens (including phenoxy) is 1. The van der Waals surface area contributed by atoms with Crippen LogP contribution in [-0.2, 0) is 4.43 Å². The van der Waals surface area contributed by atoms with Gasteiger partial charge >= 0.3 is 0 Å². The topological polar surface area (TPSA) is 18.5 Å². The Morgan fingerprint density at radius 2 is 1.89 bits per heavy atom. The Kier molecular flexibility index (Phi) is 5.65. The van der Waals surface area contributed by atoms with Crippen LogP contribution in [-0.4, -0.2) is 20.8 Å². The van der Waals surface area contributed by atoms with Gasteiger partial charge in [-0.1, -0.05) is 48.8 Å². The molecule has 108 valence electrons. The van der Waals surface area contributed by atoms with Crippen LogP contribution in [0.5, 0.6) is 5.75 Å². The molecule has 1 aromatic carbocycles. The van der Waals surface area contributed by atoms with Crippen molar-refractivity contribution >= 4 is 24.2 Å². The Morgan fingerprint density at radius 3 is 2.37 bits per heavy atom. The van der Waals surface area contributed by atoms with Crippen molar-refractivity contribution in [3.05, 3.63) is 29.8 Å². The number of methoxy groups -OCH3 is 1. The maximum absolute atomic E-state index is 6.47. The van der Waals surface area contributed by atoms with Gasteiger partial charge in [-0.3, -0.25) is 0 Å². The first-order chi connectivity index (χ1) is 8.71. The van der Waals surface area contributed by atoms with Crippen molar-refractivity contribution in [3.63, 3.8) is 0 Å². The molecule has 0 saturated heterocycles. The minimum absolute atomic E-state index is 0.0796. The largest absolute Gasteiger partial charge is 0.497 e. The second kappa shape index (κ2) is 6.42. The molecule has 1 atom stereocenters. The maximum Gasteiger partial charge on any atom is 0.192 e. The third-order valence-electron chi connectivity index (χ3n) is 3.85. The Hall–Kier alpha value is -0.323. The quantitative estimate of drug-likeness (QED) is 0.542. The van der Waals surface area contributed by atoms with Crippen LogP contribution in [0.1, 0.15) is 32.4 Å². The highest BCUT2D eigenvalue weighted by molar-refractivity contribution is 9.09. The Labute approximate surface area is 126 Å². The number of halogens is 1. The van der Waals surface area contributed by atoms with Gasteiger partial charge in [-0.05, 0) is 35.8 Å². The second-order valence-electron chi connectivity index (χ2n) is 6.30. The Bertz CT molecular complexity index is 413. The van der Waals surface area contributed by atoms with Crippen molar-refractivity contribution in [2.45, 2.75) is 45.0 Å². The standard InChI is InChI=1S/C15H25BrO2Si/c1-15(2,3)19(5,6)18-14(11-16)12-8-7-9-13(10-12)17-4/h7-10,14H,11H2,1-6H3/t14-/m0/s1. The van der Waals surface area contributed by atoms with Crippen molar-refractivity contribution in [2.75, 3.05) is 12.4 Å². The van der Waals surface area contributed by atoms with E-state index in [0.717, 1.165) is 11.1 Å². The van der Waals surface area contributed by atoms with E-state index in [1.54, 1.807) is 7.11 Å². The van der Waals surface area contributed by atoms with Gasteiger partial charge in [0.1, 0.15) is 5.75 Å². The van der Waals surface area contributed by atoms with Crippen LogP contribution in [0.2, 0.25) is 18.1 Å². The summed E-state index contributed by atoms with van der Waals surface area (Å²) in [7, 11) is -0.0787. The van der Waals surface area contributed by atoms with Gasteiger partial charge in [0, 0.05) is 5.33 Å². The summed E-state index contributed by atoms with van der Waals surface area (Å²) in [4.78, 5) is 0. The lowest BCUT2D eigenvalue weighted by Crippen LogP contribution is -2.42. The fourth-order valence-corrected chi connectivity index (χ4v) is 3.60. The normalized spacial score (nSPS) is 14.3. The Balaban J connectivity index is 2.95. The highest BCUT2D eigenvalue weighted by Gasteiger charge is 2.39. The van der Waals surface area contributed by atoms with Crippen molar-refractivity contribution in [1.82, 2.24) is 0 Å². The molecule has 0 aliphatic heterocycles. The molecule has 0 unspecified atom stereocenters. The summed E-state index contributed by atoms with van der Waals surface area (Å²) in [5.41, 5.74) is 1.17. The summed E-state index contributed by atoms with van der Waals surface area (Å²) in [5.74, 6) is 0.877. The molecule has 0 fully saturated rings. The predicted molar refractivity (Wildman–Crippen MR) is 87.8 cm³/mol. The summed E-state index contributed by atoms with van der Waals surface area (Å²) in [6.45, 7) is 11.3. The number of hydrogen-bond donors (Lipinski definition) is 0. The van der Waals surface area contributed by atoms with Gasteiger partial charge in [0.2, 0.25) is 0 Å². The predicted octanol–water partition coefficient (Wildman–Crippen LogP) is 5.15. The van der Waals surface area contributed by atoms with E-state index in [2.05, 4.69) is 61.9 Å². The summed E-state index contributed by atoms with van der Waals surface area (Å²) in [6.07, 6.45) is 0.0796. The van der Waals surface area contributed by atoms with Crippen molar-refractivity contribution in [3.8, 4) is 5.75 Å². The molecular formula is C15H25BrO2Si. The molecule has 0 bridgehead atoms. The van der Waals surface area contributed by atoms with Crippen molar-refractivity contribution in [2.24, 2.45) is 0 Å². The molecule has 0 spiro atoms. The molecule has 0 N–H and O–H groups in total. The van der Waals surface area contributed by atoms with Gasteiger partial charge in [0.25, 0.3) is 0 Å². The Morgan fingerprint density at radius 1 is 1.26 bits per heavy atom. The van der Waals surface area contributed by atoms with E-state index in [4.69, 9.17) is 9.16 Å². The number of hydrogen-bond acceptors (Lipinski definition) is 2. The minimum Gasteiger partial charge on any atom is -0.497 e. The lowest BCUT2D eigenvalue weighted by atomic mass is 10.1. The van der Waals surface area contributed by atoms with Gasteiger partial charge in [-0.25, -0.2) is 0 Å². The fourth-order valence-electron chi connectivity index (χ4n) is 1.56. The zero-order valence-corrected chi connectivity index (χ0v) is 15.4. The van der Waals surface area contributed by atoms with E-state index >= 15 is 0 Å². The summed E-state index contributed by atoms with van der Waals surface area (Å²) in [5, 5.41) is 1.01. The number of alkyl halides is 1. The van der Waals surface area contributed by atoms with E-state index in [-0.39, 0.29) is 11.1 Å². The molecule has 0 saturated carbocycles. The van der Waals surface area contributed by atoms with Gasteiger partial charge in [-0.15, -0.1) is 0 Å². The van der Waals surface area contributed by atoms with Crippen LogP contribution in [0.25, 0.3) is 0 Å². The molecule has 1 rings (SSSR count). The fraction of sp³-hybridized carbons (Fsp3) is 0.600. The van der Waals surface area contributed by atoms with E-state index < -0.39 is 8.32 Å². The smallest absolute Gasteiger partial charge is 0.192 e. The zero-order valence-electron chi connectivity index (χ0n) is 12.8. The van der Waals surface area contributed by atoms with E-state index in [9.17, 15) is 0 Å². The molecule has 2 nitrogen and oxygen atoms in total. The van der Waals surface area contributed by atoms with Gasteiger partial charge in [0.05, 0.1) is 13.2 Å². The third-order valence-corrected chi connectivity index (χ3v) is 8.92. The molecule has 0 amide bonds. The van der Waals surface area contributed by atoms with E-state index in [0.29, 0.717) is 0 Å². The average Bonchev–Trinajstić information content (AvgIpc) is 2.34. The molecule has 19 heavy (non-hydrogen) atoms. The third kappa shape index (κ3) is 4.33. The number of rotatable bonds is 5. The molecule has 0 heterocycles. The van der Waals surface area contributed by atoms with Gasteiger partial charge < -0.3 is 9.16 Å². The molecule has 0 aliphatic carbocycles. The van der Waals surface area contributed by atoms with Crippen LogP contribution in [0.3, 0.4) is 0 Å². The van der Waals surface area contributed by atoms with Gasteiger partial charge in [0.15, 0.2) is 8.32 Å². The summed E-state index contributed by atoms with van der Waals surface area (Å²) in [6, 6.07) is 8.13. The minimum atomic E-state index is -1.77. The molecule has 1 aromatic rings. The van der Waals surface area contributed by atoms with Crippen molar-refractivity contribution in [1.29, 1.82) is 0 Å². The first-order valence-corrected chi connectivity index (χ1v) is 10.6. The van der Waals surface area contributed by atoms with Crippen molar-refractivity contribution < 1.29 is 9.16 Å². The SMILES string of the molecule is COc1cccc([C@H](CBr)O[Si](C)(C)C(C)(C)C)c1. The highest BCUT2D eigenvalue weighted by Crippen LogP contribution is 2.40. The lowest BCUT2D eigenvalue weighted by molar-refractivity contribution is 0.208. The molecular weight excluding hydrogens is 320 g/mol. The van der Waals surface area contributed by atoms with Crippen LogP contribution in [0.15, 0.2) is 24.3 Å². The molecule has 0 aliphatic rings. The molecule has 4 heteroatoms. The van der Waals surface area contributed by atoms with E-state index in [1.807, 2.05) is 12.1 Å². The monoisotopic (exact) mass is 344 g/mol. The van der Waals surface area contributed by atoms with E-state index in [1.165, 1.54) is 5.56 Å². The zero-order chi connectivity index (χ0) is 14.7. The lowest BCUT2D eigenvalue weighted by Gasteiger charge is -2.39. The van der Waals surface area contributed by atoms with Crippen LogP contribution >= 0.6 is 15.9 Å². The summed E-state index contributed by atoms with van der Waals surface area (Å²) < 4.78 is 11.8. The van der Waals surface area contributed by atoms with Gasteiger partial charge in [-0.2, -0.15) is 0 Å². The second-order valence-corrected chi connectivity index (χ2v) is 11.7. The number of benzene rings is 1. The van der Waals surface area contributed by atoms with Crippen LogP contribution < -0.4 is 4.74 Å². The molecule has 0 aromatic heterocycles. The highest BCUT2D eigenvalue weighted by atomic mass is 79.9. The summed E-state index contributed by atoms with van der Waals surface area (Å²) >= 11 is 3.57. The first kappa shape index (κ1) is 16.7. The molecule has 0 radical (unpaired) electrons.